The van der Waals surface area contributed by atoms with Crippen LogP contribution in [0.2, 0.25) is 0 Å². The van der Waals surface area contributed by atoms with Crippen LogP contribution in [0.5, 0.6) is 0 Å². The van der Waals surface area contributed by atoms with Crippen LogP contribution in [0, 0.1) is 28.6 Å². The van der Waals surface area contributed by atoms with Crippen molar-refractivity contribution >= 4 is 17.7 Å². The van der Waals surface area contributed by atoms with Crippen LogP contribution < -0.4 is 0 Å². The van der Waals surface area contributed by atoms with Gasteiger partial charge in [0.1, 0.15) is 12.2 Å². The molecule has 0 bridgehead atoms. The Labute approximate surface area is 167 Å². The van der Waals surface area contributed by atoms with Gasteiger partial charge in [-0.15, -0.1) is 0 Å². The van der Waals surface area contributed by atoms with Crippen molar-refractivity contribution in [3.8, 4) is 0 Å². The van der Waals surface area contributed by atoms with E-state index in [9.17, 15) is 14.4 Å². The van der Waals surface area contributed by atoms with E-state index in [1.165, 1.54) is 19.4 Å². The van der Waals surface area contributed by atoms with E-state index in [2.05, 4.69) is 13.8 Å². The molecule has 4 aliphatic carbocycles. The number of fused-ring (bicyclic) bond motifs is 5. The third-order valence-electron chi connectivity index (χ3n) is 8.45. The van der Waals surface area contributed by atoms with Crippen LogP contribution in [0.15, 0.2) is 11.6 Å². The maximum absolute atomic E-state index is 13.3. The Morgan fingerprint density at radius 1 is 0.964 bits per heavy atom. The van der Waals surface area contributed by atoms with Gasteiger partial charge < -0.3 is 9.47 Å². The Bertz CT molecular complexity index is 739. The highest BCUT2D eigenvalue weighted by molar-refractivity contribution is 5.94. The summed E-state index contributed by atoms with van der Waals surface area (Å²) in [5.41, 5.74) is 1.09. The fourth-order valence-corrected chi connectivity index (χ4v) is 7.05. The van der Waals surface area contributed by atoms with Crippen LogP contribution in [0.3, 0.4) is 0 Å². The zero-order valence-corrected chi connectivity index (χ0v) is 17.5. The minimum absolute atomic E-state index is 0.01000. The number of ether oxygens (including phenoxy) is 2. The fourth-order valence-electron chi connectivity index (χ4n) is 7.05. The van der Waals surface area contributed by atoms with Gasteiger partial charge in [0.15, 0.2) is 5.78 Å². The first-order valence-electron chi connectivity index (χ1n) is 10.7. The van der Waals surface area contributed by atoms with Crippen LogP contribution in [0.1, 0.15) is 72.6 Å². The Hall–Kier alpha value is -1.65. The Kier molecular flexibility index (Phi) is 4.71. The van der Waals surface area contributed by atoms with Crippen molar-refractivity contribution in [1.82, 2.24) is 0 Å². The van der Waals surface area contributed by atoms with E-state index in [0.29, 0.717) is 12.3 Å². The van der Waals surface area contributed by atoms with Gasteiger partial charge in [-0.25, -0.2) is 0 Å². The number of carbonyl (C=O) groups excluding carboxylic acids is 3. The standard InChI is InChI=1S/C23H32O5/c1-13(24)27-16-7-9-22(3)15(11-16)12-19(26)21-17-5-6-20(28-14(2)25)23(17,4)10-8-18(21)22/h12,16-18,20-21H,5-11H2,1-4H3/t16-,17-,18-,20+,21+,22+,23+/m1/s1. The molecule has 5 heteroatoms. The van der Waals surface area contributed by atoms with Crippen molar-refractivity contribution in [2.75, 3.05) is 0 Å². The number of ketones is 1. The first-order chi connectivity index (χ1) is 13.1. The maximum Gasteiger partial charge on any atom is 0.302 e. The summed E-state index contributed by atoms with van der Waals surface area (Å²) >= 11 is 0. The average molecular weight is 389 g/mol. The molecule has 0 aromatic carbocycles. The molecule has 0 spiro atoms. The minimum Gasteiger partial charge on any atom is -0.462 e. The van der Waals surface area contributed by atoms with Crippen LogP contribution in [0.25, 0.3) is 0 Å². The molecule has 5 nitrogen and oxygen atoms in total. The van der Waals surface area contributed by atoms with Crippen molar-refractivity contribution < 1.29 is 23.9 Å². The minimum atomic E-state index is -0.245. The highest BCUT2D eigenvalue weighted by atomic mass is 16.5. The lowest BCUT2D eigenvalue weighted by molar-refractivity contribution is -0.158. The molecule has 0 heterocycles. The lowest BCUT2D eigenvalue weighted by Gasteiger charge is -2.56. The molecule has 3 saturated carbocycles. The summed E-state index contributed by atoms with van der Waals surface area (Å²) in [5.74, 6) is 0.419. The van der Waals surface area contributed by atoms with Gasteiger partial charge in [0.2, 0.25) is 0 Å². The molecule has 7 atom stereocenters. The van der Waals surface area contributed by atoms with Gasteiger partial charge in [0.05, 0.1) is 0 Å². The van der Waals surface area contributed by atoms with Crippen molar-refractivity contribution in [2.24, 2.45) is 28.6 Å². The summed E-state index contributed by atoms with van der Waals surface area (Å²) in [4.78, 5) is 36.2. The predicted octanol–water partition coefficient (Wildman–Crippen LogP) is 3.99. The lowest BCUT2D eigenvalue weighted by Crippen LogP contribution is -2.54. The van der Waals surface area contributed by atoms with E-state index in [4.69, 9.17) is 9.47 Å². The van der Waals surface area contributed by atoms with Crippen molar-refractivity contribution in [1.29, 1.82) is 0 Å². The molecule has 28 heavy (non-hydrogen) atoms. The van der Waals surface area contributed by atoms with Crippen molar-refractivity contribution in [3.63, 3.8) is 0 Å². The first kappa shape index (κ1) is 19.7. The molecule has 0 N–H and O–H groups in total. The van der Waals surface area contributed by atoms with Gasteiger partial charge in [0, 0.05) is 31.6 Å². The normalized spacial score (nSPS) is 44.6. The number of hydrogen-bond donors (Lipinski definition) is 0. The second-order valence-corrected chi connectivity index (χ2v) is 9.92. The SMILES string of the molecule is CC(=O)O[C@@H]1CC[C@@]2(C)C(=CC(=O)[C@H]3[C@H]4CC[C@H](OC(C)=O)[C@@]4(C)CC[C@H]32)C1. The third-order valence-corrected chi connectivity index (χ3v) is 8.45. The Balaban J connectivity index is 1.62. The van der Waals surface area contributed by atoms with E-state index in [1.807, 2.05) is 6.08 Å². The topological polar surface area (TPSA) is 69.7 Å². The summed E-state index contributed by atoms with van der Waals surface area (Å²) in [5, 5.41) is 0. The smallest absolute Gasteiger partial charge is 0.302 e. The van der Waals surface area contributed by atoms with Crippen LogP contribution in [0.4, 0.5) is 0 Å². The molecule has 4 rings (SSSR count). The van der Waals surface area contributed by atoms with Gasteiger partial charge in [-0.05, 0) is 61.9 Å². The highest BCUT2D eigenvalue weighted by Gasteiger charge is 2.61. The van der Waals surface area contributed by atoms with Crippen LogP contribution >= 0.6 is 0 Å². The van der Waals surface area contributed by atoms with E-state index < -0.39 is 0 Å². The van der Waals surface area contributed by atoms with Crippen LogP contribution in [-0.2, 0) is 23.9 Å². The highest BCUT2D eigenvalue weighted by Crippen LogP contribution is 2.64. The number of rotatable bonds is 2. The molecule has 0 amide bonds. The second kappa shape index (κ2) is 6.70. The maximum atomic E-state index is 13.3. The molecule has 3 fully saturated rings. The van der Waals surface area contributed by atoms with Gasteiger partial charge in [-0.3, -0.25) is 14.4 Å². The molecular formula is C23H32O5. The summed E-state index contributed by atoms with van der Waals surface area (Å²) in [6.07, 6.45) is 8.02. The van der Waals surface area contributed by atoms with E-state index in [-0.39, 0.29) is 52.6 Å². The summed E-state index contributed by atoms with van der Waals surface area (Å²) < 4.78 is 11.1. The molecule has 0 saturated heterocycles. The molecule has 0 aromatic heterocycles. The summed E-state index contributed by atoms with van der Waals surface area (Å²) in [7, 11) is 0. The quantitative estimate of drug-likeness (QED) is 0.669. The Morgan fingerprint density at radius 2 is 1.68 bits per heavy atom. The molecule has 0 radical (unpaired) electrons. The monoisotopic (exact) mass is 388 g/mol. The van der Waals surface area contributed by atoms with E-state index in [0.717, 1.165) is 38.5 Å². The van der Waals surface area contributed by atoms with Gasteiger partial charge in [0.25, 0.3) is 0 Å². The predicted molar refractivity (Wildman–Crippen MR) is 103 cm³/mol. The second-order valence-electron chi connectivity index (χ2n) is 9.92. The zero-order valence-electron chi connectivity index (χ0n) is 17.5. The average Bonchev–Trinajstić information content (AvgIpc) is 2.92. The first-order valence-corrected chi connectivity index (χ1v) is 10.7. The van der Waals surface area contributed by atoms with Crippen molar-refractivity contribution in [2.45, 2.75) is 84.8 Å². The summed E-state index contributed by atoms with van der Waals surface area (Å²) in [6.45, 7) is 7.46. The van der Waals surface area contributed by atoms with E-state index in [1.54, 1.807) is 0 Å². The summed E-state index contributed by atoms with van der Waals surface area (Å²) in [6, 6.07) is 0. The number of carbonyl (C=O) groups is 3. The molecule has 154 valence electrons. The number of hydrogen-bond acceptors (Lipinski definition) is 5. The molecule has 0 aromatic rings. The molecule has 0 aliphatic heterocycles. The van der Waals surface area contributed by atoms with Crippen LogP contribution in [-0.4, -0.2) is 29.9 Å². The largest absolute Gasteiger partial charge is 0.462 e. The van der Waals surface area contributed by atoms with Crippen molar-refractivity contribution in [3.05, 3.63) is 11.6 Å². The van der Waals surface area contributed by atoms with Gasteiger partial charge >= 0.3 is 11.9 Å². The van der Waals surface area contributed by atoms with Gasteiger partial charge in [-0.2, -0.15) is 0 Å². The molecule has 0 unspecified atom stereocenters. The molecular weight excluding hydrogens is 356 g/mol. The van der Waals surface area contributed by atoms with Gasteiger partial charge in [-0.1, -0.05) is 19.4 Å². The molecule has 4 aliphatic rings. The number of allylic oxidation sites excluding steroid dienone is 1. The fraction of sp³-hybridized carbons (Fsp3) is 0.783. The Morgan fingerprint density at radius 3 is 2.36 bits per heavy atom. The zero-order chi connectivity index (χ0) is 20.3. The number of esters is 2. The lowest BCUT2D eigenvalue weighted by atomic mass is 9.47. The van der Waals surface area contributed by atoms with E-state index >= 15 is 0 Å². The third kappa shape index (κ3) is 2.93.